The summed E-state index contributed by atoms with van der Waals surface area (Å²) >= 11 is 0. The highest BCUT2D eigenvalue weighted by molar-refractivity contribution is 5.85. The minimum atomic E-state index is -1.29. The number of fused-ring (bicyclic) bond motifs is 1. The Morgan fingerprint density at radius 1 is 1.24 bits per heavy atom. The van der Waals surface area contributed by atoms with E-state index in [1.807, 2.05) is 31.2 Å². The molecule has 1 saturated heterocycles. The molecule has 3 aliphatic rings. The van der Waals surface area contributed by atoms with Crippen LogP contribution in [-0.2, 0) is 16.0 Å². The van der Waals surface area contributed by atoms with E-state index in [9.17, 15) is 24.6 Å². The second kappa shape index (κ2) is 10.1. The number of carbonyl (C=O) groups is 3. The number of benzene rings is 1. The van der Waals surface area contributed by atoms with Gasteiger partial charge in [0.1, 0.15) is 0 Å². The number of hydrogen-bond donors (Lipinski definition) is 5. The van der Waals surface area contributed by atoms with E-state index in [1.54, 1.807) is 0 Å². The average molecular weight is 459 g/mol. The van der Waals surface area contributed by atoms with Gasteiger partial charge in [0.2, 0.25) is 5.91 Å². The van der Waals surface area contributed by atoms with Crippen molar-refractivity contribution in [3.8, 4) is 0 Å². The van der Waals surface area contributed by atoms with Gasteiger partial charge in [-0.3, -0.25) is 9.59 Å². The fraction of sp³-hybridized carbons (Fsp3) is 0.625. The minimum absolute atomic E-state index is 0.0500. The molecule has 33 heavy (non-hydrogen) atoms. The molecule has 0 radical (unpaired) electrons. The number of carboxylic acid groups (broad SMARTS) is 1. The largest absolute Gasteiger partial charge is 0.465 e. The molecular weight excluding hydrogens is 424 g/mol. The second-order valence-electron chi connectivity index (χ2n) is 9.46. The summed E-state index contributed by atoms with van der Waals surface area (Å²) in [6.45, 7) is 2.89. The monoisotopic (exact) mass is 458 g/mol. The summed E-state index contributed by atoms with van der Waals surface area (Å²) in [7, 11) is 0. The van der Waals surface area contributed by atoms with Gasteiger partial charge in [0.15, 0.2) is 6.10 Å². The predicted molar refractivity (Wildman–Crippen MR) is 122 cm³/mol. The highest BCUT2D eigenvalue weighted by Gasteiger charge is 2.42. The first-order chi connectivity index (χ1) is 15.9. The summed E-state index contributed by atoms with van der Waals surface area (Å²) in [5.74, 6) is -0.754. The van der Waals surface area contributed by atoms with Crippen LogP contribution in [0.4, 0.5) is 4.79 Å². The quantitative estimate of drug-likeness (QED) is 0.397. The third-order valence-electron chi connectivity index (χ3n) is 7.01. The zero-order valence-electron chi connectivity index (χ0n) is 19.0. The number of rotatable bonds is 8. The Bertz CT molecular complexity index is 889. The summed E-state index contributed by atoms with van der Waals surface area (Å²) in [5, 5.41) is 29.2. The lowest BCUT2D eigenvalue weighted by atomic mass is 9.83. The Labute approximate surface area is 193 Å². The van der Waals surface area contributed by atoms with Crippen molar-refractivity contribution in [2.24, 2.45) is 5.92 Å². The van der Waals surface area contributed by atoms with E-state index in [2.05, 4.69) is 16.0 Å². The maximum atomic E-state index is 13.0. The Kier molecular flexibility index (Phi) is 7.19. The molecule has 0 spiro atoms. The molecular formula is C24H34N4O5. The van der Waals surface area contributed by atoms with Crippen LogP contribution in [0.5, 0.6) is 0 Å². The molecule has 2 fully saturated rings. The van der Waals surface area contributed by atoms with Gasteiger partial charge in [0.25, 0.3) is 5.91 Å². The second-order valence-corrected chi connectivity index (χ2v) is 9.46. The van der Waals surface area contributed by atoms with Gasteiger partial charge in [-0.05, 0) is 49.1 Å². The summed E-state index contributed by atoms with van der Waals surface area (Å²) < 4.78 is 0. The number of hydrogen-bond acceptors (Lipinski definition) is 5. The molecule has 9 nitrogen and oxygen atoms in total. The van der Waals surface area contributed by atoms with Crippen LogP contribution in [0.15, 0.2) is 24.3 Å². The van der Waals surface area contributed by atoms with Crippen molar-refractivity contribution >= 4 is 17.9 Å². The number of amides is 3. The van der Waals surface area contributed by atoms with Crippen LogP contribution >= 0.6 is 0 Å². The first-order valence-electron chi connectivity index (χ1n) is 12.0. The van der Waals surface area contributed by atoms with Crippen LogP contribution in [0.3, 0.4) is 0 Å². The van der Waals surface area contributed by atoms with Crippen molar-refractivity contribution in [3.63, 3.8) is 0 Å². The Hall–Kier alpha value is -2.65. The Morgan fingerprint density at radius 2 is 2.00 bits per heavy atom. The average Bonchev–Trinajstić information content (AvgIpc) is 3.48. The third kappa shape index (κ3) is 5.30. The lowest BCUT2D eigenvalue weighted by molar-refractivity contribution is -0.132. The predicted octanol–water partition coefficient (Wildman–Crippen LogP) is 1.17. The highest BCUT2D eigenvalue weighted by Crippen LogP contribution is 2.39. The van der Waals surface area contributed by atoms with Crippen molar-refractivity contribution in [2.45, 2.75) is 75.7 Å². The zero-order chi connectivity index (χ0) is 23.5. The summed E-state index contributed by atoms with van der Waals surface area (Å²) in [6.07, 6.45) is 1.98. The van der Waals surface area contributed by atoms with Crippen molar-refractivity contribution in [2.75, 3.05) is 13.1 Å². The van der Waals surface area contributed by atoms with E-state index in [0.29, 0.717) is 38.8 Å². The third-order valence-corrected chi connectivity index (χ3v) is 7.01. The van der Waals surface area contributed by atoms with Crippen LogP contribution < -0.4 is 16.0 Å². The molecule has 2 heterocycles. The van der Waals surface area contributed by atoms with E-state index in [-0.39, 0.29) is 23.9 Å². The van der Waals surface area contributed by atoms with Gasteiger partial charge in [-0.2, -0.15) is 0 Å². The number of aliphatic hydroxyl groups excluding tert-OH is 1. The van der Waals surface area contributed by atoms with E-state index < -0.39 is 30.2 Å². The summed E-state index contributed by atoms with van der Waals surface area (Å²) in [5.41, 5.74) is 2.16. The smallest absolute Gasteiger partial charge is 0.407 e. The minimum Gasteiger partial charge on any atom is -0.465 e. The zero-order valence-corrected chi connectivity index (χ0v) is 19.0. The number of nitrogens with one attached hydrogen (secondary N) is 3. The molecule has 1 aromatic rings. The van der Waals surface area contributed by atoms with Gasteiger partial charge < -0.3 is 31.1 Å². The van der Waals surface area contributed by atoms with Crippen LogP contribution in [-0.4, -0.2) is 70.3 Å². The van der Waals surface area contributed by atoms with Gasteiger partial charge in [0.05, 0.1) is 18.1 Å². The van der Waals surface area contributed by atoms with E-state index in [0.717, 1.165) is 24.0 Å². The molecule has 5 atom stereocenters. The van der Waals surface area contributed by atoms with Gasteiger partial charge in [0, 0.05) is 19.1 Å². The Balaban J connectivity index is 1.42. The van der Waals surface area contributed by atoms with E-state index in [4.69, 9.17) is 0 Å². The molecule has 1 saturated carbocycles. The summed E-state index contributed by atoms with van der Waals surface area (Å²) in [6, 6.07) is 6.58. The van der Waals surface area contributed by atoms with Crippen LogP contribution in [0.25, 0.3) is 0 Å². The van der Waals surface area contributed by atoms with Crippen molar-refractivity contribution in [1.29, 1.82) is 0 Å². The fourth-order valence-corrected chi connectivity index (χ4v) is 5.12. The van der Waals surface area contributed by atoms with E-state index in [1.165, 1.54) is 4.90 Å². The molecule has 2 aliphatic heterocycles. The van der Waals surface area contributed by atoms with Crippen LogP contribution in [0, 0.1) is 5.92 Å². The molecule has 1 aliphatic carbocycles. The summed E-state index contributed by atoms with van der Waals surface area (Å²) in [4.78, 5) is 38.8. The van der Waals surface area contributed by atoms with Crippen LogP contribution in [0.1, 0.15) is 56.2 Å². The van der Waals surface area contributed by atoms with Crippen molar-refractivity contribution in [3.05, 3.63) is 35.4 Å². The van der Waals surface area contributed by atoms with Gasteiger partial charge in [-0.25, -0.2) is 4.79 Å². The van der Waals surface area contributed by atoms with Gasteiger partial charge >= 0.3 is 6.09 Å². The first kappa shape index (κ1) is 23.5. The highest BCUT2D eigenvalue weighted by atomic mass is 16.4. The molecule has 3 amide bonds. The lowest BCUT2D eigenvalue weighted by Gasteiger charge is -2.38. The normalized spacial score (nSPS) is 26.2. The van der Waals surface area contributed by atoms with Crippen LogP contribution in [0.2, 0.25) is 0 Å². The fourth-order valence-electron chi connectivity index (χ4n) is 5.12. The maximum absolute atomic E-state index is 13.0. The van der Waals surface area contributed by atoms with Gasteiger partial charge in [-0.15, -0.1) is 0 Å². The van der Waals surface area contributed by atoms with Crippen molar-refractivity contribution < 1.29 is 24.6 Å². The first-order valence-corrected chi connectivity index (χ1v) is 12.0. The molecule has 0 aromatic heterocycles. The number of aliphatic hydroxyl groups is 1. The molecule has 0 bridgehead atoms. The molecule has 5 N–H and O–H groups in total. The van der Waals surface area contributed by atoms with E-state index >= 15 is 0 Å². The molecule has 3 unspecified atom stereocenters. The molecule has 4 rings (SSSR count). The van der Waals surface area contributed by atoms with Crippen molar-refractivity contribution in [1.82, 2.24) is 20.9 Å². The maximum Gasteiger partial charge on any atom is 0.407 e. The standard InChI is InChI=1S/C24H34N4O5/c1-2-5-18(21(29)23(31)26-16-8-9-16)27-22(30)19-12-15(13-25-19)20-17-7-4-3-6-14(17)10-11-28(20)24(32)33/h3-4,6-7,15-16,18-21,25,29H,2,5,8-13H2,1H3,(H,26,31)(H,27,30)(H,32,33)/t15-,18?,19+,20?,21?/m1/s1. The number of carbonyl (C=O) groups excluding carboxylic acids is 2. The molecule has 9 heteroatoms. The SMILES string of the molecule is CCCC(NC(=O)[C@@H]1C[C@@H](C2c3ccccc3CCN2C(=O)O)CN1)C(O)C(=O)NC1CC1. The number of nitrogens with zero attached hydrogens (tertiary/aromatic N) is 1. The lowest BCUT2D eigenvalue weighted by Crippen LogP contribution is -2.54. The topological polar surface area (TPSA) is 131 Å². The molecule has 1 aromatic carbocycles. The van der Waals surface area contributed by atoms with Gasteiger partial charge in [-0.1, -0.05) is 37.6 Å². The Morgan fingerprint density at radius 3 is 2.70 bits per heavy atom. The molecule has 180 valence electrons.